The van der Waals surface area contributed by atoms with Gasteiger partial charge < -0.3 is 9.32 Å². The van der Waals surface area contributed by atoms with Gasteiger partial charge in [-0.15, -0.1) is 0 Å². The molecule has 2 saturated heterocycles. The van der Waals surface area contributed by atoms with Gasteiger partial charge in [-0.25, -0.2) is 4.98 Å². The molecule has 0 saturated carbocycles. The van der Waals surface area contributed by atoms with Crippen LogP contribution >= 0.6 is 0 Å². The van der Waals surface area contributed by atoms with Crippen molar-refractivity contribution < 1.29 is 9.21 Å². The summed E-state index contributed by atoms with van der Waals surface area (Å²) in [6, 6.07) is 9.09. The first kappa shape index (κ1) is 20.2. The van der Waals surface area contributed by atoms with E-state index in [1.165, 1.54) is 44.9 Å². The number of aryl methyl sites for hydroxylation is 1. The van der Waals surface area contributed by atoms with Crippen molar-refractivity contribution in [3.63, 3.8) is 0 Å². The highest BCUT2D eigenvalue weighted by molar-refractivity contribution is 5.87. The number of oxazole rings is 1. The quantitative estimate of drug-likeness (QED) is 0.516. The second-order valence-corrected chi connectivity index (χ2v) is 9.32. The van der Waals surface area contributed by atoms with Crippen LogP contribution in [-0.4, -0.2) is 32.9 Å². The van der Waals surface area contributed by atoms with Gasteiger partial charge in [0, 0.05) is 36.2 Å². The van der Waals surface area contributed by atoms with E-state index in [1.807, 2.05) is 25.3 Å². The number of hydrogen-bond donors (Lipinski definition) is 0. The second kappa shape index (κ2) is 8.45. The van der Waals surface area contributed by atoms with Gasteiger partial charge in [0.1, 0.15) is 0 Å². The monoisotopic (exact) mass is 417 g/mol. The van der Waals surface area contributed by atoms with Crippen molar-refractivity contribution in [2.45, 2.75) is 77.3 Å². The van der Waals surface area contributed by atoms with Crippen molar-refractivity contribution in [2.24, 2.45) is 5.92 Å². The molecule has 0 spiro atoms. The van der Waals surface area contributed by atoms with Crippen molar-refractivity contribution in [1.29, 1.82) is 0 Å². The number of hydrogen-bond acceptors (Lipinski definition) is 4. The third-order valence-electron chi connectivity index (χ3n) is 7.10. The van der Waals surface area contributed by atoms with E-state index in [2.05, 4.69) is 33.9 Å². The number of fused-ring (bicyclic) bond motifs is 3. The minimum atomic E-state index is 0.246. The average molecular weight is 418 g/mol. The molecular formula is C26H31N3O2. The molecule has 5 heteroatoms. The molecule has 162 valence electrons. The molecule has 2 bridgehead atoms. The standard InChI is InChI=1S/C26H31N3O2/c1-3-4-5-18-10-23-8-9-24(11-18)29(23)26(30)14-22-13-21-12-19(6-7-20(21)15-28-22)25-16-27-17(2)31-25/h6-7,12-13,15-16,18,23-24H,3-5,8-11,14H2,1-2H3/t18?,23-,24+. The zero-order valence-electron chi connectivity index (χ0n) is 18.5. The number of piperidine rings is 1. The topological polar surface area (TPSA) is 59.2 Å². The van der Waals surface area contributed by atoms with Gasteiger partial charge in [-0.1, -0.05) is 38.3 Å². The zero-order valence-corrected chi connectivity index (χ0v) is 18.5. The van der Waals surface area contributed by atoms with Crippen molar-refractivity contribution in [2.75, 3.05) is 0 Å². The van der Waals surface area contributed by atoms with Gasteiger partial charge in [0.15, 0.2) is 11.7 Å². The largest absolute Gasteiger partial charge is 0.441 e. The molecule has 2 aromatic heterocycles. The normalized spacial score (nSPS) is 22.9. The summed E-state index contributed by atoms with van der Waals surface area (Å²) in [4.78, 5) is 24.2. The molecule has 0 radical (unpaired) electrons. The fraction of sp³-hybridized carbons (Fsp3) is 0.500. The molecule has 1 aromatic carbocycles. The van der Waals surface area contributed by atoms with Crippen LogP contribution in [0.15, 0.2) is 41.1 Å². The smallest absolute Gasteiger partial charge is 0.229 e. The third kappa shape index (κ3) is 4.10. The zero-order chi connectivity index (χ0) is 21.4. The highest BCUT2D eigenvalue weighted by Gasteiger charge is 2.42. The number of carbonyl (C=O) groups is 1. The Labute approximate surface area is 183 Å². The molecule has 2 aliphatic rings. The van der Waals surface area contributed by atoms with E-state index in [-0.39, 0.29) is 5.91 Å². The van der Waals surface area contributed by atoms with Crippen molar-refractivity contribution in [3.8, 4) is 11.3 Å². The summed E-state index contributed by atoms with van der Waals surface area (Å²) in [6.07, 6.45) is 12.6. The van der Waals surface area contributed by atoms with E-state index >= 15 is 0 Å². The first-order chi connectivity index (χ1) is 15.1. The maximum atomic E-state index is 13.2. The molecule has 31 heavy (non-hydrogen) atoms. The van der Waals surface area contributed by atoms with Gasteiger partial charge in [0.25, 0.3) is 0 Å². The number of aromatic nitrogens is 2. The Hall–Kier alpha value is -2.69. The second-order valence-electron chi connectivity index (χ2n) is 9.32. The van der Waals surface area contributed by atoms with Gasteiger partial charge in [-0.3, -0.25) is 9.78 Å². The molecule has 2 fully saturated rings. The molecule has 1 unspecified atom stereocenters. The molecule has 3 aromatic rings. The highest BCUT2D eigenvalue weighted by atomic mass is 16.4. The molecule has 5 nitrogen and oxygen atoms in total. The predicted molar refractivity (Wildman–Crippen MR) is 122 cm³/mol. The van der Waals surface area contributed by atoms with Crippen LogP contribution in [-0.2, 0) is 11.2 Å². The first-order valence-corrected chi connectivity index (χ1v) is 11.7. The van der Waals surface area contributed by atoms with Gasteiger partial charge in [-0.2, -0.15) is 0 Å². The third-order valence-corrected chi connectivity index (χ3v) is 7.10. The summed E-state index contributed by atoms with van der Waals surface area (Å²) in [5.74, 6) is 2.47. The van der Waals surface area contributed by atoms with Gasteiger partial charge in [-0.05, 0) is 49.1 Å². The SMILES string of the molecule is CCCCC1C[C@H]2CC[C@@H](C1)N2C(=O)Cc1cc2cc(-c3cnc(C)o3)ccc2cn1. The number of benzene rings is 1. The number of nitrogens with zero attached hydrogens (tertiary/aromatic N) is 3. The Balaban J connectivity index is 1.31. The lowest BCUT2D eigenvalue weighted by Gasteiger charge is -2.39. The molecular weight excluding hydrogens is 386 g/mol. The van der Waals surface area contributed by atoms with E-state index in [0.29, 0.717) is 24.4 Å². The number of carbonyl (C=O) groups excluding carboxylic acids is 1. The Morgan fingerprint density at radius 3 is 2.61 bits per heavy atom. The number of pyridine rings is 1. The molecule has 5 rings (SSSR count). The summed E-state index contributed by atoms with van der Waals surface area (Å²) in [5.41, 5.74) is 1.83. The molecule has 2 aliphatic heterocycles. The Morgan fingerprint density at radius 2 is 1.90 bits per heavy atom. The van der Waals surface area contributed by atoms with Crippen LogP contribution in [0.4, 0.5) is 0 Å². The Bertz CT molecular complexity index is 1080. The summed E-state index contributed by atoms with van der Waals surface area (Å²) in [5, 5.41) is 2.14. The van der Waals surface area contributed by atoms with Gasteiger partial charge in [0.05, 0.1) is 18.3 Å². The Kier molecular flexibility index (Phi) is 5.51. The van der Waals surface area contributed by atoms with E-state index < -0.39 is 0 Å². The predicted octanol–water partition coefficient (Wildman–Crippen LogP) is 5.70. The van der Waals surface area contributed by atoms with Crippen molar-refractivity contribution >= 4 is 16.7 Å². The van der Waals surface area contributed by atoms with E-state index in [9.17, 15) is 4.79 Å². The maximum Gasteiger partial charge on any atom is 0.229 e. The van der Waals surface area contributed by atoms with E-state index in [4.69, 9.17) is 4.42 Å². The first-order valence-electron chi connectivity index (χ1n) is 11.7. The lowest BCUT2D eigenvalue weighted by Crippen LogP contribution is -2.47. The number of rotatable bonds is 6. The van der Waals surface area contributed by atoms with E-state index in [0.717, 1.165) is 33.7 Å². The molecule has 0 N–H and O–H groups in total. The lowest BCUT2D eigenvalue weighted by molar-refractivity contribution is -0.135. The minimum Gasteiger partial charge on any atom is -0.441 e. The molecule has 0 aliphatic carbocycles. The summed E-state index contributed by atoms with van der Waals surface area (Å²) in [7, 11) is 0. The minimum absolute atomic E-state index is 0.246. The van der Waals surface area contributed by atoms with Gasteiger partial charge in [0.2, 0.25) is 5.91 Å². The maximum absolute atomic E-state index is 13.2. The van der Waals surface area contributed by atoms with Crippen LogP contribution in [0, 0.1) is 12.8 Å². The van der Waals surface area contributed by atoms with Gasteiger partial charge >= 0.3 is 0 Å². The van der Waals surface area contributed by atoms with Crippen LogP contribution in [0.1, 0.15) is 63.5 Å². The lowest BCUT2D eigenvalue weighted by atomic mass is 9.86. The summed E-state index contributed by atoms with van der Waals surface area (Å²) < 4.78 is 5.67. The van der Waals surface area contributed by atoms with Crippen molar-refractivity contribution in [1.82, 2.24) is 14.9 Å². The highest BCUT2D eigenvalue weighted by Crippen LogP contribution is 2.40. The fourth-order valence-electron chi connectivity index (χ4n) is 5.60. The average Bonchev–Trinajstić information content (AvgIpc) is 3.32. The van der Waals surface area contributed by atoms with Crippen LogP contribution in [0.3, 0.4) is 0 Å². The van der Waals surface area contributed by atoms with Crippen LogP contribution in [0.2, 0.25) is 0 Å². The fourth-order valence-corrected chi connectivity index (χ4v) is 5.60. The molecule has 4 heterocycles. The number of unbranched alkanes of at least 4 members (excludes halogenated alkanes) is 1. The van der Waals surface area contributed by atoms with E-state index in [1.54, 1.807) is 6.20 Å². The van der Waals surface area contributed by atoms with Crippen LogP contribution in [0.25, 0.3) is 22.1 Å². The molecule has 3 atom stereocenters. The molecule has 1 amide bonds. The van der Waals surface area contributed by atoms with Crippen molar-refractivity contribution in [3.05, 3.63) is 48.2 Å². The van der Waals surface area contributed by atoms with Crippen LogP contribution in [0.5, 0.6) is 0 Å². The van der Waals surface area contributed by atoms with Crippen LogP contribution < -0.4 is 0 Å². The summed E-state index contributed by atoms with van der Waals surface area (Å²) in [6.45, 7) is 4.11. The Morgan fingerprint density at radius 1 is 1.10 bits per heavy atom. The summed E-state index contributed by atoms with van der Waals surface area (Å²) >= 11 is 0. The number of amides is 1.